The van der Waals surface area contributed by atoms with Gasteiger partial charge in [0.1, 0.15) is 11.7 Å². The highest BCUT2D eigenvalue weighted by Gasteiger charge is 2.41. The minimum absolute atomic E-state index is 0.0555. The third-order valence-corrected chi connectivity index (χ3v) is 6.05. The second kappa shape index (κ2) is 10.8. The van der Waals surface area contributed by atoms with Crippen molar-refractivity contribution >= 4 is 52.5 Å². The largest absolute Gasteiger partial charge is 0.417 e. The van der Waals surface area contributed by atoms with Gasteiger partial charge >= 0.3 is 12.4 Å². The van der Waals surface area contributed by atoms with E-state index in [0.717, 1.165) is 12.1 Å². The van der Waals surface area contributed by atoms with E-state index in [1.54, 1.807) is 0 Å². The van der Waals surface area contributed by atoms with Crippen LogP contribution >= 0.6 is 34.8 Å². The average Bonchev–Trinajstić information content (AvgIpc) is 2.83. The van der Waals surface area contributed by atoms with Crippen molar-refractivity contribution in [1.82, 2.24) is 9.97 Å². The maximum absolute atomic E-state index is 15.0. The van der Waals surface area contributed by atoms with Crippen LogP contribution in [0.25, 0.3) is 5.83 Å². The molecule has 0 radical (unpaired) electrons. The molecule has 3 rings (SSSR count). The molecule has 0 spiro atoms. The van der Waals surface area contributed by atoms with Crippen molar-refractivity contribution in [2.45, 2.75) is 18.3 Å². The number of carbonyl (C=O) groups excluding carboxylic acids is 1. The number of hydrogen-bond donors (Lipinski definition) is 1. The third kappa shape index (κ3) is 6.50. The fraction of sp³-hybridized carbons (Fsp3) is 0.136. The van der Waals surface area contributed by atoms with E-state index in [-0.39, 0.29) is 32.2 Å². The minimum Gasteiger partial charge on any atom is -0.267 e. The Balaban J connectivity index is 2.08. The molecule has 1 heterocycles. The normalized spacial score (nSPS) is 13.4. The summed E-state index contributed by atoms with van der Waals surface area (Å²) in [7, 11) is 0. The highest BCUT2D eigenvalue weighted by Crippen LogP contribution is 2.43. The zero-order valence-corrected chi connectivity index (χ0v) is 20.1. The molecule has 0 saturated carbocycles. The van der Waals surface area contributed by atoms with Crippen LogP contribution in [-0.2, 0) is 6.18 Å². The molecule has 196 valence electrons. The van der Waals surface area contributed by atoms with Gasteiger partial charge in [-0.25, -0.2) is 25.2 Å². The first-order valence-electron chi connectivity index (χ1n) is 9.77. The van der Waals surface area contributed by atoms with E-state index in [0.29, 0.717) is 12.1 Å². The minimum atomic E-state index is -5.21. The summed E-state index contributed by atoms with van der Waals surface area (Å²) in [6, 6.07) is 4.45. The quantitative estimate of drug-likeness (QED) is 0.110. The Morgan fingerprint density at radius 3 is 2.05 bits per heavy atom. The Morgan fingerprint density at radius 2 is 1.54 bits per heavy atom. The van der Waals surface area contributed by atoms with Gasteiger partial charge < -0.3 is 0 Å². The standard InChI is InChI=1S/C22H12Cl3F7N4O/c23-15-7-11(8-16(24)18(15)25)13(21(27,28)29)9-17(26)10-2-3-12(14(6-10)22(30,31)32)19(37)36(33)20-34-4-1-5-35-20/h1-9,13H,33H2. The molecular formula is C22H12Cl3F7N4O. The second-order valence-corrected chi connectivity index (χ2v) is 8.51. The number of aromatic nitrogens is 2. The number of alkyl halides is 6. The summed E-state index contributed by atoms with van der Waals surface area (Å²) in [5.74, 6) is -0.588. The summed E-state index contributed by atoms with van der Waals surface area (Å²) in [5.41, 5.74) is -4.15. The fourth-order valence-electron chi connectivity index (χ4n) is 3.13. The van der Waals surface area contributed by atoms with Crippen LogP contribution in [0, 0.1) is 0 Å². The number of nitrogens with two attached hydrogens (primary N) is 1. The van der Waals surface area contributed by atoms with Crippen molar-refractivity contribution in [3.63, 3.8) is 0 Å². The number of nitrogens with zero attached hydrogens (tertiary/aromatic N) is 3. The zero-order valence-electron chi connectivity index (χ0n) is 17.9. The van der Waals surface area contributed by atoms with Crippen molar-refractivity contribution in [3.05, 3.63) is 92.2 Å². The average molecular weight is 588 g/mol. The number of carbonyl (C=O) groups is 1. The maximum Gasteiger partial charge on any atom is 0.417 e. The Labute approximate surface area is 219 Å². The van der Waals surface area contributed by atoms with Gasteiger partial charge in [0.05, 0.1) is 26.2 Å². The van der Waals surface area contributed by atoms with E-state index >= 15 is 0 Å². The first-order chi connectivity index (χ1) is 17.1. The topological polar surface area (TPSA) is 72.1 Å². The Kier molecular flexibility index (Phi) is 8.37. The van der Waals surface area contributed by atoms with Crippen LogP contribution in [-0.4, -0.2) is 22.1 Å². The van der Waals surface area contributed by atoms with Crippen LogP contribution < -0.4 is 10.9 Å². The molecule has 1 aromatic heterocycles. The van der Waals surface area contributed by atoms with Crippen LogP contribution in [0.5, 0.6) is 0 Å². The third-order valence-electron chi connectivity index (χ3n) is 4.85. The van der Waals surface area contributed by atoms with Gasteiger partial charge in [-0.3, -0.25) is 4.79 Å². The second-order valence-electron chi connectivity index (χ2n) is 7.31. The lowest BCUT2D eigenvalue weighted by Gasteiger charge is -2.20. The fourth-order valence-corrected chi connectivity index (χ4v) is 3.74. The number of allylic oxidation sites excluding steroid dienone is 1. The Morgan fingerprint density at radius 1 is 0.973 bits per heavy atom. The van der Waals surface area contributed by atoms with E-state index in [2.05, 4.69) is 9.97 Å². The summed E-state index contributed by atoms with van der Waals surface area (Å²) in [5, 5.41) is -0.682. The molecule has 0 aliphatic rings. The molecule has 0 bridgehead atoms. The van der Waals surface area contributed by atoms with E-state index < -0.39 is 58.2 Å². The molecular weight excluding hydrogens is 576 g/mol. The van der Waals surface area contributed by atoms with E-state index in [4.69, 9.17) is 40.6 Å². The first kappa shape index (κ1) is 28.6. The van der Waals surface area contributed by atoms with E-state index in [9.17, 15) is 35.5 Å². The van der Waals surface area contributed by atoms with Gasteiger partial charge in [-0.15, -0.1) is 0 Å². The summed E-state index contributed by atoms with van der Waals surface area (Å²) in [6.45, 7) is 0. The van der Waals surface area contributed by atoms with E-state index in [1.165, 1.54) is 18.5 Å². The summed E-state index contributed by atoms with van der Waals surface area (Å²) < 4.78 is 97.5. The number of hydrazine groups is 1. The Hall–Kier alpha value is -2.93. The van der Waals surface area contributed by atoms with Gasteiger partial charge in [-0.1, -0.05) is 40.9 Å². The lowest BCUT2D eigenvalue weighted by molar-refractivity contribution is -0.140. The van der Waals surface area contributed by atoms with Crippen molar-refractivity contribution in [2.75, 3.05) is 5.01 Å². The maximum atomic E-state index is 15.0. The highest BCUT2D eigenvalue weighted by atomic mass is 35.5. The first-order valence-corrected chi connectivity index (χ1v) is 10.9. The van der Waals surface area contributed by atoms with Crippen molar-refractivity contribution < 1.29 is 35.5 Å². The molecule has 1 amide bonds. The molecule has 0 aliphatic carbocycles. The molecule has 5 nitrogen and oxygen atoms in total. The summed E-state index contributed by atoms with van der Waals surface area (Å²) in [4.78, 5) is 19.9. The smallest absolute Gasteiger partial charge is 0.267 e. The van der Waals surface area contributed by atoms with Gasteiger partial charge in [-0.2, -0.15) is 26.3 Å². The number of hydrogen-bond acceptors (Lipinski definition) is 4. The Bertz CT molecular complexity index is 1330. The summed E-state index contributed by atoms with van der Waals surface area (Å²) >= 11 is 17.3. The molecule has 2 N–H and O–H groups in total. The van der Waals surface area contributed by atoms with Gasteiger partial charge in [0.2, 0.25) is 5.95 Å². The van der Waals surface area contributed by atoms with Crippen LogP contribution in [0.3, 0.4) is 0 Å². The number of rotatable bonds is 5. The SMILES string of the molecule is NN(C(=O)c1ccc(C(F)=CC(c2cc(Cl)c(Cl)c(Cl)c2)C(F)(F)F)cc1C(F)(F)F)c1ncccn1. The molecule has 0 aliphatic heterocycles. The monoisotopic (exact) mass is 586 g/mol. The number of halogens is 10. The van der Waals surface area contributed by atoms with Crippen LogP contribution in [0.2, 0.25) is 15.1 Å². The molecule has 1 atom stereocenters. The lowest BCUT2D eigenvalue weighted by atomic mass is 9.95. The van der Waals surface area contributed by atoms with Crippen LogP contribution in [0.1, 0.15) is 33.0 Å². The predicted octanol–water partition coefficient (Wildman–Crippen LogP) is 7.63. The number of anilines is 1. The zero-order chi connectivity index (χ0) is 27.7. The molecule has 0 fully saturated rings. The van der Waals surface area contributed by atoms with Gasteiger partial charge in [0.15, 0.2) is 0 Å². The van der Waals surface area contributed by atoms with Crippen LogP contribution in [0.4, 0.5) is 36.7 Å². The van der Waals surface area contributed by atoms with Crippen molar-refractivity contribution in [1.29, 1.82) is 0 Å². The molecule has 3 aromatic rings. The van der Waals surface area contributed by atoms with Crippen molar-refractivity contribution in [3.8, 4) is 0 Å². The molecule has 0 saturated heterocycles. The highest BCUT2D eigenvalue weighted by molar-refractivity contribution is 6.48. The van der Waals surface area contributed by atoms with Crippen molar-refractivity contribution in [2.24, 2.45) is 5.84 Å². The molecule has 1 unspecified atom stereocenters. The van der Waals surface area contributed by atoms with Gasteiger partial charge in [0, 0.05) is 18.0 Å². The summed E-state index contributed by atoms with van der Waals surface area (Å²) in [6.07, 6.45) is -7.88. The number of amides is 1. The molecule has 37 heavy (non-hydrogen) atoms. The molecule has 2 aromatic carbocycles. The van der Waals surface area contributed by atoms with E-state index in [1.807, 2.05) is 0 Å². The number of benzene rings is 2. The van der Waals surface area contributed by atoms with Crippen LogP contribution in [0.15, 0.2) is 54.9 Å². The van der Waals surface area contributed by atoms with Gasteiger partial charge in [-0.05, 0) is 42.0 Å². The lowest BCUT2D eigenvalue weighted by Crippen LogP contribution is -2.39. The van der Waals surface area contributed by atoms with Gasteiger partial charge in [0.25, 0.3) is 5.91 Å². The predicted molar refractivity (Wildman–Crippen MR) is 124 cm³/mol. The molecule has 15 heteroatoms.